The molecule has 6 nitrogen and oxygen atoms in total. The van der Waals surface area contributed by atoms with Gasteiger partial charge >= 0.3 is 6.09 Å². The van der Waals surface area contributed by atoms with Crippen molar-refractivity contribution in [3.05, 3.63) is 65.0 Å². The van der Waals surface area contributed by atoms with Crippen LogP contribution in [0.15, 0.2) is 42.6 Å². The highest BCUT2D eigenvalue weighted by molar-refractivity contribution is 5.96. The third kappa shape index (κ3) is 3.13. The average Bonchev–Trinajstić information content (AvgIpc) is 3.20. The number of aromatic nitrogens is 1. The summed E-state index contributed by atoms with van der Waals surface area (Å²) in [5.74, 6) is -0.00886. The molecule has 0 spiro atoms. The summed E-state index contributed by atoms with van der Waals surface area (Å²) in [4.78, 5) is 33.0. The zero-order chi connectivity index (χ0) is 19.7. The van der Waals surface area contributed by atoms with Crippen LogP contribution in [-0.4, -0.2) is 58.1 Å². The average molecular weight is 379 g/mol. The molecule has 0 saturated carbocycles. The molecule has 2 aliphatic heterocycles. The standard InChI is InChI=1S/C22H25N3O3/c1-22(15-25(21(27)28)14-10-16-7-2-3-9-18(16)22)19-17(8-6-11-23-19)20(26)24-12-4-5-13-24/h2-3,6-9,11H,4-5,10,12-15H2,1H3,(H,27,28). The van der Waals surface area contributed by atoms with E-state index in [4.69, 9.17) is 0 Å². The molecule has 3 heterocycles. The zero-order valence-corrected chi connectivity index (χ0v) is 16.1. The van der Waals surface area contributed by atoms with Gasteiger partial charge in [0.25, 0.3) is 5.91 Å². The molecular weight excluding hydrogens is 354 g/mol. The van der Waals surface area contributed by atoms with E-state index in [1.54, 1.807) is 12.3 Å². The van der Waals surface area contributed by atoms with Gasteiger partial charge in [-0.1, -0.05) is 24.3 Å². The van der Waals surface area contributed by atoms with E-state index in [9.17, 15) is 14.7 Å². The predicted molar refractivity (Wildman–Crippen MR) is 106 cm³/mol. The summed E-state index contributed by atoms with van der Waals surface area (Å²) in [7, 11) is 0. The number of likely N-dealkylation sites (tertiary alicyclic amines) is 1. The fourth-order valence-electron chi connectivity index (χ4n) is 4.55. The molecule has 146 valence electrons. The summed E-state index contributed by atoms with van der Waals surface area (Å²) in [5, 5.41) is 9.70. The van der Waals surface area contributed by atoms with Crippen LogP contribution in [0.4, 0.5) is 4.79 Å². The second kappa shape index (κ2) is 7.26. The molecule has 28 heavy (non-hydrogen) atoms. The third-order valence-electron chi connectivity index (χ3n) is 5.99. The normalized spacial score (nSPS) is 21.9. The van der Waals surface area contributed by atoms with Crippen molar-refractivity contribution in [1.82, 2.24) is 14.8 Å². The maximum atomic E-state index is 13.2. The van der Waals surface area contributed by atoms with Crippen LogP contribution in [0.1, 0.15) is 46.9 Å². The van der Waals surface area contributed by atoms with Crippen LogP contribution in [0.25, 0.3) is 0 Å². The van der Waals surface area contributed by atoms with E-state index >= 15 is 0 Å². The van der Waals surface area contributed by atoms with Crippen LogP contribution >= 0.6 is 0 Å². The number of carbonyl (C=O) groups is 2. The molecule has 0 bridgehead atoms. The van der Waals surface area contributed by atoms with Crippen molar-refractivity contribution < 1.29 is 14.7 Å². The van der Waals surface area contributed by atoms with Crippen LogP contribution in [0.2, 0.25) is 0 Å². The topological polar surface area (TPSA) is 73.7 Å². The quantitative estimate of drug-likeness (QED) is 0.870. The Bertz CT molecular complexity index is 907. The number of carbonyl (C=O) groups excluding carboxylic acids is 1. The molecule has 6 heteroatoms. The van der Waals surface area contributed by atoms with Crippen molar-refractivity contribution in [2.45, 2.75) is 31.6 Å². The molecular formula is C22H25N3O3. The lowest BCUT2D eigenvalue weighted by Gasteiger charge is -2.34. The Balaban J connectivity index is 1.86. The van der Waals surface area contributed by atoms with E-state index in [0.717, 1.165) is 37.1 Å². The number of rotatable bonds is 2. The van der Waals surface area contributed by atoms with E-state index in [1.807, 2.05) is 42.2 Å². The van der Waals surface area contributed by atoms with Crippen molar-refractivity contribution in [3.8, 4) is 0 Å². The van der Waals surface area contributed by atoms with Crippen molar-refractivity contribution in [3.63, 3.8) is 0 Å². The molecule has 0 aliphatic carbocycles. The number of fused-ring (bicyclic) bond motifs is 1. The van der Waals surface area contributed by atoms with Crippen molar-refractivity contribution in [2.75, 3.05) is 26.2 Å². The second-order valence-corrected chi connectivity index (χ2v) is 7.84. The smallest absolute Gasteiger partial charge is 0.407 e. The number of hydrogen-bond donors (Lipinski definition) is 1. The maximum absolute atomic E-state index is 13.2. The summed E-state index contributed by atoms with van der Waals surface area (Å²) in [5.41, 5.74) is 2.70. The Kier molecular flexibility index (Phi) is 4.79. The molecule has 2 aliphatic rings. The first-order valence-corrected chi connectivity index (χ1v) is 9.82. The number of benzene rings is 1. The highest BCUT2D eigenvalue weighted by Crippen LogP contribution is 2.38. The maximum Gasteiger partial charge on any atom is 0.407 e. The van der Waals surface area contributed by atoms with Gasteiger partial charge in [0.1, 0.15) is 0 Å². The second-order valence-electron chi connectivity index (χ2n) is 7.84. The van der Waals surface area contributed by atoms with E-state index in [1.165, 1.54) is 4.90 Å². The van der Waals surface area contributed by atoms with E-state index < -0.39 is 11.5 Å². The van der Waals surface area contributed by atoms with Gasteiger partial charge in [-0.15, -0.1) is 0 Å². The molecule has 0 radical (unpaired) electrons. The van der Waals surface area contributed by atoms with E-state index in [0.29, 0.717) is 24.2 Å². The lowest BCUT2D eigenvalue weighted by atomic mass is 9.75. The fourth-order valence-corrected chi connectivity index (χ4v) is 4.55. The van der Waals surface area contributed by atoms with Crippen LogP contribution in [0.3, 0.4) is 0 Å². The third-order valence-corrected chi connectivity index (χ3v) is 5.99. The molecule has 1 fully saturated rings. The lowest BCUT2D eigenvalue weighted by Crippen LogP contribution is -2.43. The van der Waals surface area contributed by atoms with Gasteiger partial charge in [-0.05, 0) is 49.4 Å². The highest BCUT2D eigenvalue weighted by Gasteiger charge is 2.41. The number of pyridine rings is 1. The van der Waals surface area contributed by atoms with Crippen LogP contribution < -0.4 is 0 Å². The fraction of sp³-hybridized carbons (Fsp3) is 0.409. The molecule has 1 aromatic carbocycles. The first kappa shape index (κ1) is 18.5. The van der Waals surface area contributed by atoms with Crippen molar-refractivity contribution >= 4 is 12.0 Å². The largest absolute Gasteiger partial charge is 0.465 e. The molecule has 1 saturated heterocycles. The number of nitrogens with zero attached hydrogens (tertiary/aromatic N) is 3. The van der Waals surface area contributed by atoms with Gasteiger partial charge < -0.3 is 14.9 Å². The Morgan fingerprint density at radius 3 is 2.54 bits per heavy atom. The molecule has 1 N–H and O–H groups in total. The number of amides is 2. The minimum Gasteiger partial charge on any atom is -0.465 e. The minimum atomic E-state index is -0.942. The summed E-state index contributed by atoms with van der Waals surface area (Å²) in [6, 6.07) is 11.6. The lowest BCUT2D eigenvalue weighted by molar-refractivity contribution is 0.0789. The predicted octanol–water partition coefficient (Wildman–Crippen LogP) is 3.16. The van der Waals surface area contributed by atoms with Gasteiger partial charge in [-0.3, -0.25) is 9.78 Å². The van der Waals surface area contributed by atoms with E-state index in [2.05, 4.69) is 4.98 Å². The molecule has 2 aromatic rings. The minimum absolute atomic E-state index is 0.00886. The number of hydrogen-bond acceptors (Lipinski definition) is 3. The van der Waals surface area contributed by atoms with Gasteiger partial charge in [-0.25, -0.2) is 4.79 Å². The van der Waals surface area contributed by atoms with Gasteiger partial charge in [0.15, 0.2) is 0 Å². The van der Waals surface area contributed by atoms with Gasteiger partial charge in [0, 0.05) is 32.4 Å². The summed E-state index contributed by atoms with van der Waals surface area (Å²) in [6.07, 6.45) is 3.45. The molecule has 1 aromatic heterocycles. The highest BCUT2D eigenvalue weighted by atomic mass is 16.4. The van der Waals surface area contributed by atoms with Crippen molar-refractivity contribution in [2.24, 2.45) is 0 Å². The zero-order valence-electron chi connectivity index (χ0n) is 16.1. The van der Waals surface area contributed by atoms with E-state index in [-0.39, 0.29) is 12.5 Å². The first-order valence-electron chi connectivity index (χ1n) is 9.82. The monoisotopic (exact) mass is 379 g/mol. The summed E-state index contributed by atoms with van der Waals surface area (Å²) in [6.45, 7) is 4.25. The number of carboxylic acid groups (broad SMARTS) is 1. The van der Waals surface area contributed by atoms with Gasteiger partial charge in [-0.2, -0.15) is 0 Å². The van der Waals surface area contributed by atoms with Crippen LogP contribution in [0, 0.1) is 0 Å². The first-order chi connectivity index (χ1) is 13.5. The summed E-state index contributed by atoms with van der Waals surface area (Å²) < 4.78 is 0. The van der Waals surface area contributed by atoms with Gasteiger partial charge in [0.05, 0.1) is 16.7 Å². The van der Waals surface area contributed by atoms with Crippen molar-refractivity contribution in [1.29, 1.82) is 0 Å². The summed E-state index contributed by atoms with van der Waals surface area (Å²) >= 11 is 0. The van der Waals surface area contributed by atoms with Crippen LogP contribution in [-0.2, 0) is 11.8 Å². The SMILES string of the molecule is CC1(c2ncccc2C(=O)N2CCCC2)CN(C(=O)O)CCc2ccccc21. The molecule has 2 amide bonds. The van der Waals surface area contributed by atoms with Crippen LogP contribution in [0.5, 0.6) is 0 Å². The van der Waals surface area contributed by atoms with Gasteiger partial charge in [0.2, 0.25) is 0 Å². The Labute approximate surface area is 164 Å². The molecule has 4 rings (SSSR count). The molecule has 1 atom stereocenters. The Hall–Kier alpha value is -2.89. The Morgan fingerprint density at radius 1 is 1.04 bits per heavy atom. The Morgan fingerprint density at radius 2 is 1.79 bits per heavy atom. The molecule has 1 unspecified atom stereocenters.